The molecule has 2 rings (SSSR count). The summed E-state index contributed by atoms with van der Waals surface area (Å²) < 4.78 is 0. The lowest BCUT2D eigenvalue weighted by Gasteiger charge is -2.05. The first-order valence-corrected chi connectivity index (χ1v) is 7.10. The van der Waals surface area contributed by atoms with Crippen LogP contribution in [-0.2, 0) is 24.1 Å². The van der Waals surface area contributed by atoms with E-state index in [0.717, 1.165) is 19.3 Å². The Bertz CT molecular complexity index is 531. The lowest BCUT2D eigenvalue weighted by atomic mass is 10.0. The van der Waals surface area contributed by atoms with Crippen molar-refractivity contribution in [3.05, 3.63) is 71.3 Å². The molecule has 0 fully saturated rings. The average Bonchev–Trinajstić information content (AvgIpc) is 2.52. The molecular formula is C18H21NO. The summed E-state index contributed by atoms with van der Waals surface area (Å²) in [5, 5.41) is 2.65. The highest BCUT2D eigenvalue weighted by Gasteiger charge is 2.00. The van der Waals surface area contributed by atoms with E-state index in [1.54, 1.807) is 7.05 Å². The fourth-order valence-corrected chi connectivity index (χ4v) is 2.19. The number of carbonyl (C=O) groups is 1. The van der Waals surface area contributed by atoms with Gasteiger partial charge in [-0.15, -0.1) is 0 Å². The third-order valence-corrected chi connectivity index (χ3v) is 3.49. The molecule has 0 aliphatic heterocycles. The van der Waals surface area contributed by atoms with Crippen molar-refractivity contribution in [3.8, 4) is 0 Å². The van der Waals surface area contributed by atoms with Gasteiger partial charge in [-0.3, -0.25) is 4.79 Å². The zero-order chi connectivity index (χ0) is 14.2. The minimum absolute atomic E-state index is 0.0955. The largest absolute Gasteiger partial charge is 0.359 e. The second-order valence-corrected chi connectivity index (χ2v) is 4.98. The first-order chi connectivity index (χ1) is 9.78. The highest BCUT2D eigenvalue weighted by Crippen LogP contribution is 2.10. The van der Waals surface area contributed by atoms with E-state index < -0.39 is 0 Å². The van der Waals surface area contributed by atoms with Gasteiger partial charge in [0.05, 0.1) is 0 Å². The molecule has 0 atom stereocenters. The summed E-state index contributed by atoms with van der Waals surface area (Å²) in [5.41, 5.74) is 3.94. The Hall–Kier alpha value is -2.09. The van der Waals surface area contributed by atoms with Crippen molar-refractivity contribution < 1.29 is 4.79 Å². The van der Waals surface area contributed by atoms with Gasteiger partial charge in [0, 0.05) is 13.5 Å². The molecule has 0 bridgehead atoms. The number of hydrogen-bond acceptors (Lipinski definition) is 1. The van der Waals surface area contributed by atoms with E-state index >= 15 is 0 Å². The van der Waals surface area contributed by atoms with Crippen LogP contribution in [0, 0.1) is 0 Å². The fourth-order valence-electron chi connectivity index (χ4n) is 2.19. The van der Waals surface area contributed by atoms with E-state index in [0.29, 0.717) is 6.42 Å². The Labute approximate surface area is 120 Å². The molecule has 1 N–H and O–H groups in total. The van der Waals surface area contributed by atoms with Crippen LogP contribution in [0.25, 0.3) is 0 Å². The van der Waals surface area contributed by atoms with E-state index in [1.807, 2.05) is 6.07 Å². The van der Waals surface area contributed by atoms with Gasteiger partial charge in [-0.2, -0.15) is 0 Å². The van der Waals surface area contributed by atoms with Crippen LogP contribution in [0.15, 0.2) is 54.6 Å². The molecule has 2 nitrogen and oxygen atoms in total. The topological polar surface area (TPSA) is 29.1 Å². The number of aryl methyl sites for hydroxylation is 3. The van der Waals surface area contributed by atoms with Crippen LogP contribution in [0.5, 0.6) is 0 Å². The highest BCUT2D eigenvalue weighted by molar-refractivity contribution is 5.75. The zero-order valence-corrected chi connectivity index (χ0v) is 11.9. The van der Waals surface area contributed by atoms with Crippen LogP contribution < -0.4 is 5.32 Å². The molecule has 104 valence electrons. The van der Waals surface area contributed by atoms with Crippen LogP contribution in [-0.4, -0.2) is 13.0 Å². The number of hydrogen-bond donors (Lipinski definition) is 1. The van der Waals surface area contributed by atoms with Crippen LogP contribution in [0.1, 0.15) is 23.1 Å². The van der Waals surface area contributed by atoms with Gasteiger partial charge in [-0.05, 0) is 36.0 Å². The van der Waals surface area contributed by atoms with Crippen molar-refractivity contribution in [1.82, 2.24) is 5.32 Å². The standard InChI is InChI=1S/C18H21NO/c1-19-18(20)14-13-17-11-9-16(10-12-17)8-7-15-5-3-2-4-6-15/h2-6,9-12H,7-8,13-14H2,1H3,(H,19,20). The molecule has 0 spiro atoms. The molecule has 0 heterocycles. The van der Waals surface area contributed by atoms with Gasteiger partial charge in [-0.25, -0.2) is 0 Å². The normalized spacial score (nSPS) is 10.2. The predicted molar refractivity (Wildman–Crippen MR) is 82.7 cm³/mol. The van der Waals surface area contributed by atoms with E-state index in [2.05, 4.69) is 53.8 Å². The van der Waals surface area contributed by atoms with Crippen LogP contribution >= 0.6 is 0 Å². The smallest absolute Gasteiger partial charge is 0.220 e. The Morgan fingerprint density at radius 2 is 1.30 bits per heavy atom. The molecule has 0 saturated heterocycles. The minimum atomic E-state index is 0.0955. The van der Waals surface area contributed by atoms with Gasteiger partial charge < -0.3 is 5.32 Å². The summed E-state index contributed by atoms with van der Waals surface area (Å²) in [6, 6.07) is 19.1. The maximum atomic E-state index is 11.2. The van der Waals surface area contributed by atoms with Crippen molar-refractivity contribution >= 4 is 5.91 Å². The maximum absolute atomic E-state index is 11.2. The van der Waals surface area contributed by atoms with Gasteiger partial charge in [-0.1, -0.05) is 54.6 Å². The van der Waals surface area contributed by atoms with Gasteiger partial charge in [0.2, 0.25) is 5.91 Å². The predicted octanol–water partition coefficient (Wildman–Crippen LogP) is 3.15. The van der Waals surface area contributed by atoms with E-state index in [4.69, 9.17) is 0 Å². The van der Waals surface area contributed by atoms with Crippen LogP contribution in [0.4, 0.5) is 0 Å². The lowest BCUT2D eigenvalue weighted by molar-refractivity contribution is -0.120. The van der Waals surface area contributed by atoms with Crippen LogP contribution in [0.2, 0.25) is 0 Å². The quantitative estimate of drug-likeness (QED) is 0.856. The lowest BCUT2D eigenvalue weighted by Crippen LogP contribution is -2.17. The summed E-state index contributed by atoms with van der Waals surface area (Å²) >= 11 is 0. The number of rotatable bonds is 6. The summed E-state index contributed by atoms with van der Waals surface area (Å²) in [4.78, 5) is 11.2. The van der Waals surface area contributed by atoms with Crippen molar-refractivity contribution in [1.29, 1.82) is 0 Å². The SMILES string of the molecule is CNC(=O)CCc1ccc(CCc2ccccc2)cc1. The first-order valence-electron chi connectivity index (χ1n) is 7.10. The third kappa shape index (κ3) is 4.54. The minimum Gasteiger partial charge on any atom is -0.359 e. The molecule has 2 aromatic rings. The molecule has 20 heavy (non-hydrogen) atoms. The molecule has 0 aliphatic rings. The Kier molecular flexibility index (Phi) is 5.36. The molecule has 0 radical (unpaired) electrons. The average molecular weight is 267 g/mol. The molecule has 2 aromatic carbocycles. The molecule has 2 heteroatoms. The molecule has 0 unspecified atom stereocenters. The molecule has 0 aliphatic carbocycles. The fraction of sp³-hybridized carbons (Fsp3) is 0.278. The summed E-state index contributed by atoms with van der Waals surface area (Å²) in [5.74, 6) is 0.0955. The van der Waals surface area contributed by atoms with Gasteiger partial charge in [0.1, 0.15) is 0 Å². The highest BCUT2D eigenvalue weighted by atomic mass is 16.1. The van der Waals surface area contributed by atoms with E-state index in [-0.39, 0.29) is 5.91 Å². The van der Waals surface area contributed by atoms with Crippen LogP contribution in [0.3, 0.4) is 0 Å². The van der Waals surface area contributed by atoms with E-state index in [1.165, 1.54) is 16.7 Å². The van der Waals surface area contributed by atoms with Crippen molar-refractivity contribution in [2.24, 2.45) is 0 Å². The van der Waals surface area contributed by atoms with Crippen molar-refractivity contribution in [2.75, 3.05) is 7.05 Å². The summed E-state index contributed by atoms with van der Waals surface area (Å²) in [7, 11) is 1.68. The van der Waals surface area contributed by atoms with Crippen molar-refractivity contribution in [3.63, 3.8) is 0 Å². The van der Waals surface area contributed by atoms with Crippen molar-refractivity contribution in [2.45, 2.75) is 25.7 Å². The maximum Gasteiger partial charge on any atom is 0.220 e. The molecule has 0 saturated carbocycles. The third-order valence-electron chi connectivity index (χ3n) is 3.49. The molecule has 1 amide bonds. The van der Waals surface area contributed by atoms with E-state index in [9.17, 15) is 4.79 Å². The second kappa shape index (κ2) is 7.49. The monoisotopic (exact) mass is 267 g/mol. The number of carbonyl (C=O) groups excluding carboxylic acids is 1. The molecule has 0 aromatic heterocycles. The summed E-state index contributed by atoms with van der Waals surface area (Å²) in [6.45, 7) is 0. The molecular weight excluding hydrogens is 246 g/mol. The number of benzene rings is 2. The summed E-state index contributed by atoms with van der Waals surface area (Å²) in [6.07, 6.45) is 3.48. The number of amides is 1. The zero-order valence-electron chi connectivity index (χ0n) is 11.9. The Balaban J connectivity index is 1.84. The first kappa shape index (κ1) is 14.3. The Morgan fingerprint density at radius 3 is 1.85 bits per heavy atom. The Morgan fingerprint density at radius 1 is 0.800 bits per heavy atom. The second-order valence-electron chi connectivity index (χ2n) is 4.98. The van der Waals surface area contributed by atoms with Gasteiger partial charge >= 0.3 is 0 Å². The van der Waals surface area contributed by atoms with Gasteiger partial charge in [0.15, 0.2) is 0 Å². The van der Waals surface area contributed by atoms with Gasteiger partial charge in [0.25, 0.3) is 0 Å². The number of nitrogens with one attached hydrogen (secondary N) is 1.